The fourth-order valence-electron chi connectivity index (χ4n) is 4.67. The van der Waals surface area contributed by atoms with Crippen LogP contribution in [-0.2, 0) is 19.4 Å². The summed E-state index contributed by atoms with van der Waals surface area (Å²) < 4.78 is 25.3. The van der Waals surface area contributed by atoms with Gasteiger partial charge in [0.05, 0.1) is 30.9 Å². The maximum absolute atomic E-state index is 14.5. The molecule has 0 unspecified atom stereocenters. The Hall–Kier alpha value is -2.77. The van der Waals surface area contributed by atoms with Crippen molar-refractivity contribution in [3.63, 3.8) is 0 Å². The monoisotopic (exact) mass is 436 g/mol. The highest BCUT2D eigenvalue weighted by Crippen LogP contribution is 2.26. The predicted octanol–water partition coefficient (Wildman–Crippen LogP) is 3.51. The molecule has 0 atom stereocenters. The number of rotatable bonds is 7. The predicted molar refractivity (Wildman–Crippen MR) is 122 cm³/mol. The molecule has 0 aliphatic carbocycles. The molecule has 32 heavy (non-hydrogen) atoms. The van der Waals surface area contributed by atoms with Crippen molar-refractivity contribution in [3.8, 4) is 11.6 Å². The number of nitrogens with zero attached hydrogens (tertiary/aromatic N) is 3. The summed E-state index contributed by atoms with van der Waals surface area (Å²) >= 11 is 0. The van der Waals surface area contributed by atoms with E-state index in [9.17, 15) is 4.39 Å². The third kappa shape index (κ3) is 4.54. The number of hydrogen-bond acceptors (Lipinski definition) is 6. The Balaban J connectivity index is 1.13. The first-order chi connectivity index (χ1) is 15.7. The second kappa shape index (κ2) is 9.38. The molecule has 1 aromatic carbocycles. The first kappa shape index (κ1) is 21.1. The van der Waals surface area contributed by atoms with E-state index in [1.165, 1.54) is 17.3 Å². The molecule has 7 heteroatoms. The van der Waals surface area contributed by atoms with Gasteiger partial charge in [0.1, 0.15) is 11.6 Å². The summed E-state index contributed by atoms with van der Waals surface area (Å²) in [7, 11) is 1.57. The number of methoxy groups -OCH3 is 1. The van der Waals surface area contributed by atoms with Gasteiger partial charge in [-0.25, -0.2) is 9.37 Å². The van der Waals surface area contributed by atoms with E-state index in [1.807, 2.05) is 6.07 Å². The lowest BCUT2D eigenvalue weighted by Crippen LogP contribution is -2.42. The number of piperidine rings is 1. The van der Waals surface area contributed by atoms with Crippen LogP contribution < -0.4 is 14.8 Å². The van der Waals surface area contributed by atoms with Crippen LogP contribution >= 0.6 is 0 Å². The van der Waals surface area contributed by atoms with E-state index in [4.69, 9.17) is 9.47 Å². The number of fused-ring (bicyclic) bond motifs is 2. The lowest BCUT2D eigenvalue weighted by molar-refractivity contribution is 0.199. The quantitative estimate of drug-likeness (QED) is 0.612. The Morgan fingerprint density at radius 2 is 2.09 bits per heavy atom. The molecule has 2 aliphatic rings. The zero-order valence-corrected chi connectivity index (χ0v) is 18.4. The van der Waals surface area contributed by atoms with Gasteiger partial charge in [-0.2, -0.15) is 0 Å². The van der Waals surface area contributed by atoms with Crippen LogP contribution in [0.25, 0.3) is 11.0 Å². The number of nitrogens with one attached hydrogen (secondary N) is 1. The summed E-state index contributed by atoms with van der Waals surface area (Å²) in [6.45, 7) is 4.52. The van der Waals surface area contributed by atoms with Crippen molar-refractivity contribution in [1.29, 1.82) is 0 Å². The first-order valence-corrected chi connectivity index (χ1v) is 11.4. The highest BCUT2D eigenvalue weighted by molar-refractivity contribution is 5.78. The molecular weight excluding hydrogens is 407 g/mol. The minimum absolute atomic E-state index is 0.297. The Labute approximate surface area is 187 Å². The van der Waals surface area contributed by atoms with Crippen molar-refractivity contribution in [2.45, 2.75) is 38.3 Å². The van der Waals surface area contributed by atoms with Crippen LogP contribution in [0.2, 0.25) is 0 Å². The van der Waals surface area contributed by atoms with Gasteiger partial charge in [-0.05, 0) is 55.6 Å². The maximum atomic E-state index is 14.5. The number of hydrogen-bond donors (Lipinski definition) is 1. The molecule has 2 aromatic heterocycles. The van der Waals surface area contributed by atoms with Crippen molar-refractivity contribution in [1.82, 2.24) is 20.2 Å². The van der Waals surface area contributed by atoms with Gasteiger partial charge >= 0.3 is 0 Å². The van der Waals surface area contributed by atoms with Gasteiger partial charge in [0.2, 0.25) is 5.88 Å². The molecule has 0 spiro atoms. The molecule has 0 amide bonds. The van der Waals surface area contributed by atoms with Crippen LogP contribution in [0, 0.1) is 5.82 Å². The minimum Gasteiger partial charge on any atom is -0.493 e. The van der Waals surface area contributed by atoms with E-state index < -0.39 is 0 Å². The summed E-state index contributed by atoms with van der Waals surface area (Å²) in [5.41, 5.74) is 4.56. The lowest BCUT2D eigenvalue weighted by atomic mass is 10.0. The molecule has 1 saturated heterocycles. The SMILES string of the molecule is COc1ccc2ncc(F)c(CCN3CCC(NCc4ccc5c(c4)CCO5)CC3)c2n1. The number of benzene rings is 1. The van der Waals surface area contributed by atoms with Gasteiger partial charge in [-0.1, -0.05) is 12.1 Å². The molecule has 5 rings (SSSR count). The smallest absolute Gasteiger partial charge is 0.213 e. The van der Waals surface area contributed by atoms with Crippen LogP contribution in [0.5, 0.6) is 11.6 Å². The zero-order chi connectivity index (χ0) is 21.9. The van der Waals surface area contributed by atoms with Crippen molar-refractivity contribution >= 4 is 11.0 Å². The topological polar surface area (TPSA) is 59.5 Å². The maximum Gasteiger partial charge on any atom is 0.213 e. The van der Waals surface area contributed by atoms with E-state index in [-0.39, 0.29) is 5.82 Å². The zero-order valence-electron chi connectivity index (χ0n) is 18.4. The number of halogens is 1. The Morgan fingerprint density at radius 1 is 1.22 bits per heavy atom. The summed E-state index contributed by atoms with van der Waals surface area (Å²) in [6.07, 6.45) is 5.12. The van der Waals surface area contributed by atoms with E-state index in [1.54, 1.807) is 13.2 Å². The fourth-order valence-corrected chi connectivity index (χ4v) is 4.67. The average molecular weight is 437 g/mol. The lowest BCUT2D eigenvalue weighted by Gasteiger charge is -2.32. The van der Waals surface area contributed by atoms with Crippen LogP contribution in [0.1, 0.15) is 29.5 Å². The normalized spacial score (nSPS) is 16.8. The highest BCUT2D eigenvalue weighted by Gasteiger charge is 2.20. The first-order valence-electron chi connectivity index (χ1n) is 11.4. The summed E-state index contributed by atoms with van der Waals surface area (Å²) in [5.74, 6) is 1.22. The second-order valence-corrected chi connectivity index (χ2v) is 8.59. The average Bonchev–Trinajstić information content (AvgIpc) is 3.30. The van der Waals surface area contributed by atoms with Gasteiger partial charge in [-0.15, -0.1) is 0 Å². The summed E-state index contributed by atoms with van der Waals surface area (Å²) in [5, 5.41) is 3.71. The Bertz CT molecular complexity index is 1100. The van der Waals surface area contributed by atoms with Gasteiger partial charge in [0, 0.05) is 37.2 Å². The van der Waals surface area contributed by atoms with E-state index in [0.717, 1.165) is 57.8 Å². The number of pyridine rings is 2. The van der Waals surface area contributed by atoms with Crippen molar-refractivity contribution in [2.24, 2.45) is 0 Å². The molecule has 1 fully saturated rings. The van der Waals surface area contributed by atoms with Crippen LogP contribution in [0.4, 0.5) is 4.39 Å². The van der Waals surface area contributed by atoms with E-state index in [2.05, 4.69) is 38.4 Å². The summed E-state index contributed by atoms with van der Waals surface area (Å²) in [6, 6.07) is 10.6. The van der Waals surface area contributed by atoms with Gasteiger partial charge in [0.15, 0.2) is 0 Å². The minimum atomic E-state index is -0.297. The van der Waals surface area contributed by atoms with E-state index in [0.29, 0.717) is 34.9 Å². The van der Waals surface area contributed by atoms with Crippen molar-refractivity contribution in [2.75, 3.05) is 33.4 Å². The fraction of sp³-hybridized carbons (Fsp3) is 0.440. The Morgan fingerprint density at radius 3 is 2.94 bits per heavy atom. The summed E-state index contributed by atoms with van der Waals surface area (Å²) in [4.78, 5) is 11.0. The Kier molecular flexibility index (Phi) is 6.19. The van der Waals surface area contributed by atoms with Crippen molar-refractivity contribution in [3.05, 3.63) is 59.0 Å². The number of likely N-dealkylation sites (tertiary alicyclic amines) is 1. The largest absolute Gasteiger partial charge is 0.493 e. The molecule has 0 bridgehead atoms. The van der Waals surface area contributed by atoms with Gasteiger partial charge in [-0.3, -0.25) is 4.98 Å². The molecule has 0 saturated carbocycles. The second-order valence-electron chi connectivity index (χ2n) is 8.59. The van der Waals surface area contributed by atoms with Gasteiger partial charge < -0.3 is 19.7 Å². The molecule has 168 valence electrons. The molecule has 3 aromatic rings. The number of ether oxygens (including phenoxy) is 2. The molecule has 2 aliphatic heterocycles. The molecular formula is C25H29FN4O2. The standard InChI is InChI=1S/C25H29FN4O2/c1-31-24-5-3-22-25(29-24)20(21(26)16-28-22)8-12-30-10-6-19(7-11-30)27-15-17-2-4-23-18(14-17)9-13-32-23/h2-5,14,16,19,27H,6-13,15H2,1H3. The molecule has 4 heterocycles. The third-order valence-corrected chi connectivity index (χ3v) is 6.56. The van der Waals surface area contributed by atoms with Crippen LogP contribution in [0.3, 0.4) is 0 Å². The molecule has 0 radical (unpaired) electrons. The number of aromatic nitrogens is 2. The van der Waals surface area contributed by atoms with Gasteiger partial charge in [0.25, 0.3) is 0 Å². The van der Waals surface area contributed by atoms with E-state index >= 15 is 0 Å². The van der Waals surface area contributed by atoms with Crippen molar-refractivity contribution < 1.29 is 13.9 Å². The van der Waals surface area contributed by atoms with Crippen LogP contribution in [0.15, 0.2) is 36.5 Å². The third-order valence-electron chi connectivity index (χ3n) is 6.56. The van der Waals surface area contributed by atoms with Crippen LogP contribution in [-0.4, -0.2) is 54.3 Å². The highest BCUT2D eigenvalue weighted by atomic mass is 19.1. The molecule has 1 N–H and O–H groups in total. The molecule has 6 nitrogen and oxygen atoms in total.